The van der Waals surface area contributed by atoms with E-state index in [1.807, 2.05) is 6.26 Å². The first-order valence-electron chi connectivity index (χ1n) is 3.49. The third kappa shape index (κ3) is 2.21. The Morgan fingerprint density at radius 2 is 2.45 bits per heavy atom. The molecule has 0 bridgehead atoms. The molecule has 0 saturated carbocycles. The molecular formula is C7H12O2S2. The highest BCUT2D eigenvalue weighted by Gasteiger charge is 2.33. The molecular weight excluding hydrogens is 180 g/mol. The predicted molar refractivity (Wildman–Crippen MR) is 49.1 cm³/mol. The Morgan fingerprint density at radius 3 is 2.82 bits per heavy atom. The lowest BCUT2D eigenvalue weighted by Crippen LogP contribution is -2.28. The van der Waals surface area contributed by atoms with Crippen LogP contribution in [0.5, 0.6) is 0 Å². The fourth-order valence-corrected chi connectivity index (χ4v) is 2.90. The first-order chi connectivity index (χ1) is 5.15. The maximum absolute atomic E-state index is 8.88. The molecule has 1 unspecified atom stereocenters. The molecule has 4 heteroatoms. The Labute approximate surface area is 74.5 Å². The monoisotopic (exact) mass is 192 g/mol. The summed E-state index contributed by atoms with van der Waals surface area (Å²) in [7, 11) is -0.123. The lowest BCUT2D eigenvalue weighted by molar-refractivity contribution is 0.0314. The van der Waals surface area contributed by atoms with Gasteiger partial charge in [0.25, 0.3) is 0 Å². The molecule has 2 nitrogen and oxygen atoms in total. The number of hydrogen-bond donors (Lipinski definition) is 1. The molecule has 0 spiro atoms. The molecule has 1 aliphatic rings. The molecule has 64 valence electrons. The third-order valence-corrected chi connectivity index (χ3v) is 3.93. The van der Waals surface area contributed by atoms with Gasteiger partial charge in [-0.1, -0.05) is 11.2 Å². The molecule has 4 atom stereocenters. The van der Waals surface area contributed by atoms with Crippen molar-refractivity contribution in [2.75, 3.05) is 12.9 Å². The quantitative estimate of drug-likeness (QED) is 0.664. The van der Waals surface area contributed by atoms with E-state index >= 15 is 0 Å². The molecule has 0 aromatic carbocycles. The van der Waals surface area contributed by atoms with Gasteiger partial charge in [-0.2, -0.15) is 0 Å². The molecule has 1 heterocycles. The minimum atomic E-state index is -0.227. The van der Waals surface area contributed by atoms with Gasteiger partial charge in [0.1, 0.15) is 0 Å². The van der Waals surface area contributed by atoms with Crippen molar-refractivity contribution in [3.8, 4) is 0 Å². The van der Waals surface area contributed by atoms with Crippen molar-refractivity contribution in [2.45, 2.75) is 23.9 Å². The lowest BCUT2D eigenvalue weighted by Gasteiger charge is -2.14. The summed E-state index contributed by atoms with van der Waals surface area (Å²) in [5.41, 5.74) is 0. The summed E-state index contributed by atoms with van der Waals surface area (Å²) in [6, 6.07) is 0. The zero-order chi connectivity index (χ0) is 8.43. The van der Waals surface area contributed by atoms with Crippen LogP contribution in [-0.4, -0.2) is 35.4 Å². The minimum Gasteiger partial charge on any atom is -0.394 e. The Morgan fingerprint density at radius 1 is 1.82 bits per heavy atom. The van der Waals surface area contributed by atoms with E-state index in [-0.39, 0.29) is 33.5 Å². The smallest absolute Gasteiger partial charge is 0.0931 e. The summed E-state index contributed by atoms with van der Waals surface area (Å²) in [6.07, 6.45) is 2.41. The summed E-state index contributed by atoms with van der Waals surface area (Å²) in [4.78, 5) is 0. The van der Waals surface area contributed by atoms with Gasteiger partial charge in [-0.05, 0) is 19.6 Å². The van der Waals surface area contributed by atoms with E-state index in [0.717, 1.165) is 6.42 Å². The summed E-state index contributed by atoms with van der Waals surface area (Å²) in [6.45, 7) is 5.59. The molecule has 1 fully saturated rings. The van der Waals surface area contributed by atoms with Crippen LogP contribution in [0.2, 0.25) is 0 Å². The highest BCUT2D eigenvalue weighted by atomic mass is 32.8. The minimum absolute atomic E-state index is 0.0341. The number of hydrogen-bond acceptors (Lipinski definition) is 3. The van der Waals surface area contributed by atoms with Crippen LogP contribution in [0, 0.1) is 6.92 Å². The van der Waals surface area contributed by atoms with E-state index in [9.17, 15) is 0 Å². The van der Waals surface area contributed by atoms with Gasteiger partial charge in [-0.25, -0.2) is 0 Å². The van der Waals surface area contributed by atoms with Crippen molar-refractivity contribution >= 4 is 20.6 Å². The van der Waals surface area contributed by atoms with Crippen LogP contribution in [0.3, 0.4) is 0 Å². The largest absolute Gasteiger partial charge is 0.394 e. The highest BCUT2D eigenvalue weighted by Crippen LogP contribution is 2.23. The zero-order valence-corrected chi connectivity index (χ0v) is 8.03. The number of aliphatic hydroxyl groups excluding tert-OH is 1. The van der Waals surface area contributed by atoms with Crippen LogP contribution in [0.4, 0.5) is 0 Å². The van der Waals surface area contributed by atoms with Crippen LogP contribution < -0.4 is 0 Å². The van der Waals surface area contributed by atoms with Crippen molar-refractivity contribution in [3.05, 3.63) is 6.92 Å². The van der Waals surface area contributed by atoms with Crippen LogP contribution in [0.15, 0.2) is 0 Å². The van der Waals surface area contributed by atoms with Gasteiger partial charge in [-0.3, -0.25) is 0 Å². The lowest BCUT2D eigenvalue weighted by atomic mass is 10.2. The summed E-state index contributed by atoms with van der Waals surface area (Å²) >= 11 is 5.12. The van der Waals surface area contributed by atoms with Crippen molar-refractivity contribution in [3.63, 3.8) is 0 Å². The second-order valence-corrected chi connectivity index (χ2v) is 5.85. The van der Waals surface area contributed by atoms with Gasteiger partial charge >= 0.3 is 0 Å². The highest BCUT2D eigenvalue weighted by molar-refractivity contribution is 8.28. The van der Waals surface area contributed by atoms with E-state index in [1.165, 1.54) is 0 Å². The second kappa shape index (κ2) is 3.94. The molecule has 1 rings (SSSR count). The Hall–Kier alpha value is 0.490. The SMILES string of the molecule is [CH][C@H]1C[C@@H](S(C)=S)[C@@H](CO)O1. The molecule has 0 aromatic rings. The molecule has 1 saturated heterocycles. The predicted octanol–water partition coefficient (Wildman–Crippen LogP) is -0.0741. The topological polar surface area (TPSA) is 29.5 Å². The van der Waals surface area contributed by atoms with Gasteiger partial charge < -0.3 is 9.84 Å². The molecule has 1 aliphatic heterocycles. The number of ether oxygens (including phenoxy) is 1. The van der Waals surface area contributed by atoms with E-state index < -0.39 is 0 Å². The third-order valence-electron chi connectivity index (χ3n) is 1.84. The normalized spacial score (nSPS) is 40.8. The van der Waals surface area contributed by atoms with Crippen molar-refractivity contribution in [2.24, 2.45) is 0 Å². The van der Waals surface area contributed by atoms with E-state index in [1.54, 1.807) is 0 Å². The van der Waals surface area contributed by atoms with E-state index in [4.69, 9.17) is 28.0 Å². The molecule has 11 heavy (non-hydrogen) atoms. The van der Waals surface area contributed by atoms with Gasteiger partial charge in [0.2, 0.25) is 0 Å². The average molecular weight is 192 g/mol. The Kier molecular flexibility index (Phi) is 3.43. The summed E-state index contributed by atoms with van der Waals surface area (Å²) in [5, 5.41) is 9.15. The number of aliphatic hydroxyl groups is 1. The second-order valence-electron chi connectivity index (χ2n) is 2.67. The van der Waals surface area contributed by atoms with E-state index in [2.05, 4.69) is 0 Å². The fourth-order valence-electron chi connectivity index (χ4n) is 1.26. The van der Waals surface area contributed by atoms with Gasteiger partial charge in [-0.15, -0.1) is 9.45 Å². The summed E-state index contributed by atoms with van der Waals surface area (Å²) < 4.78 is 5.25. The first kappa shape index (κ1) is 9.58. The fraction of sp³-hybridized carbons (Fsp3) is 0.857. The van der Waals surface area contributed by atoms with Crippen LogP contribution in [0.25, 0.3) is 0 Å². The molecule has 2 radical (unpaired) electrons. The molecule has 0 amide bonds. The maximum atomic E-state index is 8.88. The molecule has 0 aliphatic carbocycles. The Balaban J connectivity index is 2.57. The maximum Gasteiger partial charge on any atom is 0.0931 e. The van der Waals surface area contributed by atoms with Gasteiger partial charge in [0, 0.05) is 5.25 Å². The number of rotatable bonds is 2. The van der Waals surface area contributed by atoms with Crippen molar-refractivity contribution < 1.29 is 9.84 Å². The molecule has 1 N–H and O–H groups in total. The van der Waals surface area contributed by atoms with Crippen LogP contribution >= 0.6 is 0 Å². The summed E-state index contributed by atoms with van der Waals surface area (Å²) in [5.74, 6) is 0. The van der Waals surface area contributed by atoms with Crippen molar-refractivity contribution in [1.82, 2.24) is 0 Å². The zero-order valence-electron chi connectivity index (χ0n) is 6.40. The average Bonchev–Trinajstić information content (AvgIpc) is 2.30. The standard InChI is InChI=1S/C7H12O2S2/c1-5-3-7(11(2)10)6(4-8)9-5/h1,5-8H,3-4H2,2H3/t5-,6+,7+,11?/m0/s1. The van der Waals surface area contributed by atoms with Crippen molar-refractivity contribution in [1.29, 1.82) is 0 Å². The van der Waals surface area contributed by atoms with E-state index in [0.29, 0.717) is 0 Å². The van der Waals surface area contributed by atoms with Crippen LogP contribution in [-0.2, 0) is 25.4 Å². The van der Waals surface area contributed by atoms with Gasteiger partial charge in [0.15, 0.2) is 0 Å². The van der Waals surface area contributed by atoms with Crippen LogP contribution in [0.1, 0.15) is 6.42 Å². The van der Waals surface area contributed by atoms with Gasteiger partial charge in [0.05, 0.1) is 18.8 Å². The molecule has 0 aromatic heterocycles. The first-order valence-corrected chi connectivity index (χ1v) is 6.11. The Bertz CT molecular complexity index is 161.